The summed E-state index contributed by atoms with van der Waals surface area (Å²) >= 11 is 0. The highest BCUT2D eigenvalue weighted by atomic mass is 32.2. The standard InChI is InChI=1S/C8H14F4O4S/c1-6(2)5-16-4-3-7(9,10)8(11,12)17(13,14)15/h6H,3-5H2,1-2H3,(H,13,14,15). The third kappa shape index (κ3) is 4.40. The van der Waals surface area contributed by atoms with Crippen molar-refractivity contribution in [2.24, 2.45) is 5.92 Å². The lowest BCUT2D eigenvalue weighted by Gasteiger charge is -2.23. The molecule has 0 atom stereocenters. The molecule has 0 amide bonds. The van der Waals surface area contributed by atoms with E-state index in [-0.39, 0.29) is 12.5 Å². The van der Waals surface area contributed by atoms with Gasteiger partial charge in [0.1, 0.15) is 0 Å². The fraction of sp³-hybridized carbons (Fsp3) is 1.00. The topological polar surface area (TPSA) is 63.6 Å². The van der Waals surface area contributed by atoms with Gasteiger partial charge in [0.05, 0.1) is 6.61 Å². The zero-order chi connectivity index (χ0) is 13.9. The summed E-state index contributed by atoms with van der Waals surface area (Å²) in [6.45, 7) is 2.82. The Bertz CT molecular complexity index is 339. The molecule has 0 aromatic heterocycles. The second-order valence-electron chi connectivity index (χ2n) is 3.92. The van der Waals surface area contributed by atoms with Crippen LogP contribution in [0.15, 0.2) is 0 Å². The highest BCUT2D eigenvalue weighted by Crippen LogP contribution is 2.40. The Morgan fingerprint density at radius 1 is 1.24 bits per heavy atom. The maximum absolute atomic E-state index is 12.9. The molecular weight excluding hydrogens is 268 g/mol. The van der Waals surface area contributed by atoms with Gasteiger partial charge in [0, 0.05) is 13.0 Å². The molecule has 104 valence electrons. The van der Waals surface area contributed by atoms with Crippen LogP contribution in [0.1, 0.15) is 20.3 Å². The van der Waals surface area contributed by atoms with Crippen LogP contribution < -0.4 is 0 Å². The molecule has 0 aliphatic rings. The van der Waals surface area contributed by atoms with Gasteiger partial charge in [0.15, 0.2) is 0 Å². The predicted molar refractivity (Wildman–Crippen MR) is 51.7 cm³/mol. The predicted octanol–water partition coefficient (Wildman–Crippen LogP) is 2.17. The number of alkyl halides is 4. The molecule has 0 rings (SSSR count). The molecular formula is C8H14F4O4S. The third-order valence-corrected chi connectivity index (χ3v) is 2.71. The summed E-state index contributed by atoms with van der Waals surface area (Å²) in [5.74, 6) is -4.84. The largest absolute Gasteiger partial charge is 0.431 e. The first-order chi connectivity index (χ1) is 7.42. The van der Waals surface area contributed by atoms with Gasteiger partial charge >= 0.3 is 21.3 Å². The van der Waals surface area contributed by atoms with Crippen molar-refractivity contribution >= 4 is 10.1 Å². The summed E-state index contributed by atoms with van der Waals surface area (Å²) in [5.41, 5.74) is 0. The van der Waals surface area contributed by atoms with E-state index in [1.54, 1.807) is 13.8 Å². The van der Waals surface area contributed by atoms with Crippen molar-refractivity contribution in [3.63, 3.8) is 0 Å². The van der Waals surface area contributed by atoms with Gasteiger partial charge in [-0.2, -0.15) is 26.0 Å². The van der Waals surface area contributed by atoms with Crippen LogP contribution in [-0.4, -0.2) is 37.4 Å². The number of halogens is 4. The van der Waals surface area contributed by atoms with Crippen LogP contribution in [-0.2, 0) is 14.9 Å². The van der Waals surface area contributed by atoms with Gasteiger partial charge in [-0.1, -0.05) is 13.8 Å². The van der Waals surface area contributed by atoms with Crippen LogP contribution in [0.4, 0.5) is 17.6 Å². The number of hydrogen-bond donors (Lipinski definition) is 1. The maximum atomic E-state index is 12.9. The molecule has 1 N–H and O–H groups in total. The van der Waals surface area contributed by atoms with Crippen LogP contribution in [0.25, 0.3) is 0 Å². The maximum Gasteiger partial charge on any atom is 0.431 e. The number of rotatable bonds is 7. The van der Waals surface area contributed by atoms with Crippen molar-refractivity contribution in [1.29, 1.82) is 0 Å². The van der Waals surface area contributed by atoms with E-state index in [1.165, 1.54) is 0 Å². The Morgan fingerprint density at radius 3 is 2.06 bits per heavy atom. The quantitative estimate of drug-likeness (QED) is 0.441. The Labute approximate surface area is 96.7 Å². The second-order valence-corrected chi connectivity index (χ2v) is 5.38. The van der Waals surface area contributed by atoms with Crippen molar-refractivity contribution in [1.82, 2.24) is 0 Å². The van der Waals surface area contributed by atoms with Gasteiger partial charge in [-0.25, -0.2) is 0 Å². The number of ether oxygens (including phenoxy) is 1. The van der Waals surface area contributed by atoms with E-state index in [2.05, 4.69) is 4.74 Å². The molecule has 17 heavy (non-hydrogen) atoms. The highest BCUT2D eigenvalue weighted by Gasteiger charge is 2.65. The van der Waals surface area contributed by atoms with E-state index >= 15 is 0 Å². The molecule has 0 radical (unpaired) electrons. The van der Waals surface area contributed by atoms with Gasteiger partial charge < -0.3 is 4.74 Å². The molecule has 0 unspecified atom stereocenters. The Morgan fingerprint density at radius 2 is 1.71 bits per heavy atom. The average molecular weight is 282 g/mol. The third-order valence-electron chi connectivity index (χ3n) is 1.76. The molecule has 0 saturated carbocycles. The molecule has 9 heteroatoms. The summed E-state index contributed by atoms with van der Waals surface area (Å²) in [7, 11) is -6.15. The summed E-state index contributed by atoms with van der Waals surface area (Å²) in [4.78, 5) is 0. The molecule has 0 bridgehead atoms. The van der Waals surface area contributed by atoms with E-state index in [0.29, 0.717) is 0 Å². The number of hydrogen-bond acceptors (Lipinski definition) is 3. The Balaban J connectivity index is 4.48. The lowest BCUT2D eigenvalue weighted by Crippen LogP contribution is -2.47. The lowest BCUT2D eigenvalue weighted by atomic mass is 10.2. The fourth-order valence-electron chi connectivity index (χ4n) is 0.854. The minimum Gasteiger partial charge on any atom is -0.381 e. The van der Waals surface area contributed by atoms with Crippen molar-refractivity contribution in [3.05, 3.63) is 0 Å². The van der Waals surface area contributed by atoms with E-state index < -0.39 is 34.3 Å². The monoisotopic (exact) mass is 282 g/mol. The molecule has 4 nitrogen and oxygen atoms in total. The van der Waals surface area contributed by atoms with E-state index in [0.717, 1.165) is 0 Å². The van der Waals surface area contributed by atoms with Crippen LogP contribution >= 0.6 is 0 Å². The van der Waals surface area contributed by atoms with E-state index in [1.807, 2.05) is 0 Å². The minimum atomic E-state index is -6.15. The molecule has 0 aromatic rings. The summed E-state index contributed by atoms with van der Waals surface area (Å²) in [6, 6.07) is 0. The average Bonchev–Trinajstić information content (AvgIpc) is 2.10. The zero-order valence-corrected chi connectivity index (χ0v) is 10.1. The molecule has 0 aliphatic carbocycles. The van der Waals surface area contributed by atoms with Gasteiger partial charge in [-0.15, -0.1) is 0 Å². The van der Waals surface area contributed by atoms with Gasteiger partial charge in [-0.3, -0.25) is 4.55 Å². The van der Waals surface area contributed by atoms with Crippen LogP contribution in [0.3, 0.4) is 0 Å². The van der Waals surface area contributed by atoms with Crippen LogP contribution in [0.2, 0.25) is 0 Å². The summed E-state index contributed by atoms with van der Waals surface area (Å²) in [5, 5.41) is -5.51. The molecule has 0 aromatic carbocycles. The first-order valence-corrected chi connectivity index (χ1v) is 6.16. The molecule has 0 fully saturated rings. The van der Waals surface area contributed by atoms with Crippen molar-refractivity contribution in [2.45, 2.75) is 31.4 Å². The van der Waals surface area contributed by atoms with Gasteiger partial charge in [0.25, 0.3) is 0 Å². The summed E-state index contributed by atoms with van der Waals surface area (Å²) in [6.07, 6.45) is -1.49. The normalized spacial score (nSPS) is 14.4. The fourth-order valence-corrected chi connectivity index (χ4v) is 1.33. The van der Waals surface area contributed by atoms with Gasteiger partial charge in [-0.05, 0) is 5.92 Å². The summed E-state index contributed by atoms with van der Waals surface area (Å²) < 4.78 is 83.9. The lowest BCUT2D eigenvalue weighted by molar-refractivity contribution is -0.171. The van der Waals surface area contributed by atoms with Crippen molar-refractivity contribution in [3.8, 4) is 0 Å². The smallest absolute Gasteiger partial charge is 0.381 e. The SMILES string of the molecule is CC(C)COCCC(F)(F)C(F)(F)S(=O)(=O)O. The van der Waals surface area contributed by atoms with Crippen LogP contribution in [0.5, 0.6) is 0 Å². The van der Waals surface area contributed by atoms with Gasteiger partial charge in [0.2, 0.25) is 0 Å². The molecule has 0 heterocycles. The molecule has 0 saturated heterocycles. The van der Waals surface area contributed by atoms with Crippen molar-refractivity contribution in [2.75, 3.05) is 13.2 Å². The highest BCUT2D eigenvalue weighted by molar-refractivity contribution is 7.87. The first-order valence-electron chi connectivity index (χ1n) is 4.72. The Kier molecular flexibility index (Phi) is 5.36. The second kappa shape index (κ2) is 5.49. The molecule has 0 aliphatic heterocycles. The Hall–Kier alpha value is -0.410. The van der Waals surface area contributed by atoms with Crippen LogP contribution in [0, 0.1) is 5.92 Å². The van der Waals surface area contributed by atoms with Crippen molar-refractivity contribution < 1.29 is 35.3 Å². The zero-order valence-electron chi connectivity index (χ0n) is 9.29. The van der Waals surface area contributed by atoms with E-state index in [4.69, 9.17) is 4.55 Å². The van der Waals surface area contributed by atoms with E-state index in [9.17, 15) is 26.0 Å². The minimum absolute atomic E-state index is 0.0331. The molecule has 0 spiro atoms. The first kappa shape index (κ1) is 16.6.